The Balaban J connectivity index is 2.50. The molecule has 0 aliphatic rings. The lowest BCUT2D eigenvalue weighted by molar-refractivity contribution is 0.0459. The molecule has 1 aromatic heterocycles. The SMILES string of the molecule is CN(C)CC(C)(O)CNc1cccc(Br)n1. The van der Waals surface area contributed by atoms with Gasteiger partial charge in [-0.05, 0) is 49.1 Å². The molecule has 0 aliphatic heterocycles. The van der Waals surface area contributed by atoms with Crippen LogP contribution in [0.4, 0.5) is 5.82 Å². The number of aliphatic hydroxyl groups is 1. The van der Waals surface area contributed by atoms with Crippen LogP contribution in [0.1, 0.15) is 6.92 Å². The van der Waals surface area contributed by atoms with Gasteiger partial charge >= 0.3 is 0 Å². The maximum absolute atomic E-state index is 10.1. The molecule has 1 heterocycles. The highest BCUT2D eigenvalue weighted by Crippen LogP contribution is 2.12. The highest BCUT2D eigenvalue weighted by Gasteiger charge is 2.20. The lowest BCUT2D eigenvalue weighted by Gasteiger charge is -2.27. The Morgan fingerprint density at radius 3 is 2.75 bits per heavy atom. The zero-order valence-electron chi connectivity index (χ0n) is 9.87. The number of aromatic nitrogens is 1. The predicted molar refractivity (Wildman–Crippen MR) is 69.6 cm³/mol. The van der Waals surface area contributed by atoms with Gasteiger partial charge in [0, 0.05) is 13.1 Å². The van der Waals surface area contributed by atoms with Crippen LogP contribution in [0.2, 0.25) is 0 Å². The lowest BCUT2D eigenvalue weighted by Crippen LogP contribution is -2.43. The van der Waals surface area contributed by atoms with Crippen molar-refractivity contribution in [2.75, 3.05) is 32.5 Å². The molecule has 1 rings (SSSR count). The fourth-order valence-electron chi connectivity index (χ4n) is 1.52. The van der Waals surface area contributed by atoms with Crippen molar-refractivity contribution in [3.05, 3.63) is 22.8 Å². The average Bonchev–Trinajstić information content (AvgIpc) is 2.13. The summed E-state index contributed by atoms with van der Waals surface area (Å²) in [5, 5.41) is 13.2. The predicted octanol–water partition coefficient (Wildman–Crippen LogP) is 1.57. The topological polar surface area (TPSA) is 48.4 Å². The first-order chi connectivity index (χ1) is 7.39. The smallest absolute Gasteiger partial charge is 0.127 e. The molecule has 0 aromatic carbocycles. The van der Waals surface area contributed by atoms with Crippen LogP contribution in [-0.4, -0.2) is 47.8 Å². The molecule has 16 heavy (non-hydrogen) atoms. The summed E-state index contributed by atoms with van der Waals surface area (Å²) >= 11 is 3.30. The van der Waals surface area contributed by atoms with Gasteiger partial charge in [-0.15, -0.1) is 0 Å². The van der Waals surface area contributed by atoms with Crippen LogP contribution in [0.15, 0.2) is 22.8 Å². The first-order valence-electron chi connectivity index (χ1n) is 5.13. The normalized spacial score (nSPS) is 14.9. The monoisotopic (exact) mass is 287 g/mol. The molecule has 1 atom stereocenters. The Hall–Kier alpha value is -0.650. The van der Waals surface area contributed by atoms with Crippen molar-refractivity contribution in [1.82, 2.24) is 9.88 Å². The molecule has 90 valence electrons. The second-order valence-corrected chi connectivity index (χ2v) is 5.25. The molecule has 0 spiro atoms. The van der Waals surface area contributed by atoms with Crippen molar-refractivity contribution in [3.8, 4) is 0 Å². The summed E-state index contributed by atoms with van der Waals surface area (Å²) < 4.78 is 0.782. The first-order valence-corrected chi connectivity index (χ1v) is 5.92. The van der Waals surface area contributed by atoms with E-state index in [1.807, 2.05) is 37.2 Å². The van der Waals surface area contributed by atoms with E-state index in [9.17, 15) is 5.11 Å². The third kappa shape index (κ3) is 4.92. The first kappa shape index (κ1) is 13.4. The molecule has 1 aromatic rings. The van der Waals surface area contributed by atoms with E-state index in [1.54, 1.807) is 6.92 Å². The standard InChI is InChI=1S/C11H18BrN3O/c1-11(16,8-15(2)3)7-13-10-6-4-5-9(12)14-10/h4-6,16H,7-8H2,1-3H3,(H,13,14). The molecule has 0 bridgehead atoms. The van der Waals surface area contributed by atoms with E-state index >= 15 is 0 Å². The van der Waals surface area contributed by atoms with Gasteiger partial charge in [-0.25, -0.2) is 4.98 Å². The molecular formula is C11H18BrN3O. The van der Waals surface area contributed by atoms with Gasteiger partial charge in [0.2, 0.25) is 0 Å². The van der Waals surface area contributed by atoms with E-state index in [0.29, 0.717) is 13.1 Å². The molecule has 0 aliphatic carbocycles. The van der Waals surface area contributed by atoms with Crippen LogP contribution < -0.4 is 5.32 Å². The molecule has 1 unspecified atom stereocenters. The summed E-state index contributed by atoms with van der Waals surface area (Å²) in [6.45, 7) is 2.88. The average molecular weight is 288 g/mol. The Labute approximate surface area is 105 Å². The van der Waals surface area contributed by atoms with Gasteiger partial charge in [-0.2, -0.15) is 0 Å². The number of rotatable bonds is 5. The maximum atomic E-state index is 10.1. The molecule has 0 radical (unpaired) electrons. The summed E-state index contributed by atoms with van der Waals surface area (Å²) in [5.74, 6) is 0.758. The second-order valence-electron chi connectivity index (χ2n) is 4.43. The van der Waals surface area contributed by atoms with E-state index in [1.165, 1.54) is 0 Å². The van der Waals surface area contributed by atoms with Gasteiger partial charge in [0.1, 0.15) is 10.4 Å². The van der Waals surface area contributed by atoms with Crippen LogP contribution in [0, 0.1) is 0 Å². The maximum Gasteiger partial charge on any atom is 0.127 e. The molecular weight excluding hydrogens is 270 g/mol. The minimum atomic E-state index is -0.770. The number of pyridine rings is 1. The van der Waals surface area contributed by atoms with Crippen molar-refractivity contribution >= 4 is 21.7 Å². The molecule has 2 N–H and O–H groups in total. The zero-order chi connectivity index (χ0) is 12.2. The second kappa shape index (κ2) is 5.61. The third-order valence-corrected chi connectivity index (χ3v) is 2.46. The number of nitrogens with one attached hydrogen (secondary N) is 1. The summed E-state index contributed by atoms with van der Waals surface area (Å²) in [4.78, 5) is 6.19. The van der Waals surface area contributed by atoms with E-state index in [0.717, 1.165) is 10.4 Å². The molecule has 0 amide bonds. The number of likely N-dealkylation sites (N-methyl/N-ethyl adjacent to an activating group) is 1. The fourth-order valence-corrected chi connectivity index (χ4v) is 1.87. The Morgan fingerprint density at radius 1 is 1.50 bits per heavy atom. The van der Waals surface area contributed by atoms with Crippen molar-refractivity contribution < 1.29 is 5.11 Å². The number of anilines is 1. The van der Waals surface area contributed by atoms with Gasteiger partial charge in [-0.1, -0.05) is 6.07 Å². The minimum absolute atomic E-state index is 0.467. The molecule has 0 saturated heterocycles. The molecule has 0 saturated carbocycles. The van der Waals surface area contributed by atoms with E-state index in [2.05, 4.69) is 26.2 Å². The summed E-state index contributed by atoms with van der Waals surface area (Å²) in [6.07, 6.45) is 0. The van der Waals surface area contributed by atoms with Crippen LogP contribution in [0.3, 0.4) is 0 Å². The summed E-state index contributed by atoms with van der Waals surface area (Å²) in [5.41, 5.74) is -0.770. The summed E-state index contributed by atoms with van der Waals surface area (Å²) in [7, 11) is 3.87. The van der Waals surface area contributed by atoms with E-state index in [-0.39, 0.29) is 0 Å². The number of nitrogens with zero attached hydrogens (tertiary/aromatic N) is 2. The fraction of sp³-hybridized carbons (Fsp3) is 0.545. The summed E-state index contributed by atoms with van der Waals surface area (Å²) in [6, 6.07) is 5.64. The van der Waals surface area contributed by atoms with Gasteiger partial charge in [0.05, 0.1) is 5.60 Å². The molecule has 4 nitrogen and oxygen atoms in total. The van der Waals surface area contributed by atoms with Gasteiger partial charge < -0.3 is 15.3 Å². The Kier molecular flexibility index (Phi) is 4.70. The van der Waals surface area contributed by atoms with Crippen LogP contribution in [0.25, 0.3) is 0 Å². The third-order valence-electron chi connectivity index (χ3n) is 2.02. The van der Waals surface area contributed by atoms with E-state index < -0.39 is 5.60 Å². The lowest BCUT2D eigenvalue weighted by atomic mass is 10.1. The van der Waals surface area contributed by atoms with Crippen molar-refractivity contribution in [1.29, 1.82) is 0 Å². The number of halogens is 1. The largest absolute Gasteiger partial charge is 0.387 e. The van der Waals surface area contributed by atoms with Crippen LogP contribution in [0.5, 0.6) is 0 Å². The highest BCUT2D eigenvalue weighted by molar-refractivity contribution is 9.10. The number of hydrogen-bond donors (Lipinski definition) is 2. The van der Waals surface area contributed by atoms with Crippen molar-refractivity contribution in [3.63, 3.8) is 0 Å². The highest BCUT2D eigenvalue weighted by atomic mass is 79.9. The van der Waals surface area contributed by atoms with Crippen molar-refractivity contribution in [2.45, 2.75) is 12.5 Å². The molecule has 0 fully saturated rings. The van der Waals surface area contributed by atoms with Gasteiger partial charge in [0.15, 0.2) is 0 Å². The van der Waals surface area contributed by atoms with Crippen LogP contribution >= 0.6 is 15.9 Å². The Bertz CT molecular complexity index is 342. The number of hydrogen-bond acceptors (Lipinski definition) is 4. The minimum Gasteiger partial charge on any atom is -0.387 e. The van der Waals surface area contributed by atoms with E-state index in [4.69, 9.17) is 0 Å². The zero-order valence-corrected chi connectivity index (χ0v) is 11.5. The Morgan fingerprint density at radius 2 is 2.19 bits per heavy atom. The van der Waals surface area contributed by atoms with Gasteiger partial charge in [-0.3, -0.25) is 0 Å². The quantitative estimate of drug-likeness (QED) is 0.807. The molecule has 5 heteroatoms. The van der Waals surface area contributed by atoms with Gasteiger partial charge in [0.25, 0.3) is 0 Å². The van der Waals surface area contributed by atoms with Crippen LogP contribution in [-0.2, 0) is 0 Å². The van der Waals surface area contributed by atoms with Crippen molar-refractivity contribution in [2.24, 2.45) is 0 Å².